The van der Waals surface area contributed by atoms with Crippen LogP contribution in [0.4, 0.5) is 0 Å². The van der Waals surface area contributed by atoms with E-state index in [-0.39, 0.29) is 18.4 Å². The second-order valence-electron chi connectivity index (χ2n) is 4.59. The van der Waals surface area contributed by atoms with Crippen molar-refractivity contribution in [3.8, 4) is 0 Å². The average molecular weight is 240 g/mol. The summed E-state index contributed by atoms with van der Waals surface area (Å²) in [6.07, 6.45) is 1.95. The first-order chi connectivity index (χ1) is 8.09. The van der Waals surface area contributed by atoms with Crippen LogP contribution in [0.3, 0.4) is 0 Å². The van der Waals surface area contributed by atoms with Crippen molar-refractivity contribution < 1.29 is 19.5 Å². The molecule has 0 radical (unpaired) electrons. The first-order valence-corrected chi connectivity index (χ1v) is 5.88. The summed E-state index contributed by atoms with van der Waals surface area (Å²) in [6.45, 7) is 0.990. The van der Waals surface area contributed by atoms with E-state index >= 15 is 0 Å². The third-order valence-electron chi connectivity index (χ3n) is 3.50. The number of aliphatic carboxylic acids is 1. The lowest BCUT2D eigenvalue weighted by molar-refractivity contribution is -0.150. The molecule has 2 amide bonds. The highest BCUT2D eigenvalue weighted by Crippen LogP contribution is 2.33. The molecule has 2 rings (SSSR count). The summed E-state index contributed by atoms with van der Waals surface area (Å²) in [7, 11) is 0. The largest absolute Gasteiger partial charge is 0.481 e. The summed E-state index contributed by atoms with van der Waals surface area (Å²) >= 11 is 0. The van der Waals surface area contributed by atoms with Crippen LogP contribution in [0.25, 0.3) is 0 Å². The molecule has 0 aromatic heterocycles. The molecule has 17 heavy (non-hydrogen) atoms. The van der Waals surface area contributed by atoms with E-state index < -0.39 is 17.8 Å². The van der Waals surface area contributed by atoms with E-state index in [0.717, 1.165) is 6.42 Å². The molecule has 0 bridgehead atoms. The Hall–Kier alpha value is -1.59. The van der Waals surface area contributed by atoms with Crippen molar-refractivity contribution >= 4 is 17.8 Å². The fourth-order valence-electron chi connectivity index (χ4n) is 2.61. The van der Waals surface area contributed by atoms with Gasteiger partial charge >= 0.3 is 5.97 Å². The fraction of sp³-hybridized carbons (Fsp3) is 0.727. The summed E-state index contributed by atoms with van der Waals surface area (Å²) in [6, 6.07) is 0. The van der Waals surface area contributed by atoms with E-state index in [9.17, 15) is 14.4 Å². The third-order valence-corrected chi connectivity index (χ3v) is 3.50. The number of carboxylic acid groups (broad SMARTS) is 1. The van der Waals surface area contributed by atoms with Crippen LogP contribution in [0.15, 0.2) is 0 Å². The molecular formula is C11H16N2O4. The second kappa shape index (κ2) is 4.73. The fourth-order valence-corrected chi connectivity index (χ4v) is 2.61. The summed E-state index contributed by atoms with van der Waals surface area (Å²) in [4.78, 5) is 35.8. The molecule has 0 aromatic carbocycles. The van der Waals surface area contributed by atoms with Gasteiger partial charge < -0.3 is 15.3 Å². The highest BCUT2D eigenvalue weighted by atomic mass is 16.4. The molecule has 2 fully saturated rings. The minimum Gasteiger partial charge on any atom is -0.481 e. The Labute approximate surface area is 99.0 Å². The standard InChI is InChI=1S/C11H16N2O4/c14-9-6-13(5-4-12-9)10(15)7-2-1-3-8(7)11(16)17/h7-8H,1-6H2,(H,12,14)(H,16,17). The number of carbonyl (C=O) groups excluding carboxylic acids is 2. The zero-order chi connectivity index (χ0) is 12.4. The van der Waals surface area contributed by atoms with Gasteiger partial charge in [0.2, 0.25) is 11.8 Å². The number of hydrogen-bond acceptors (Lipinski definition) is 3. The lowest BCUT2D eigenvalue weighted by Crippen LogP contribution is -2.52. The van der Waals surface area contributed by atoms with Crippen molar-refractivity contribution in [1.82, 2.24) is 10.2 Å². The highest BCUT2D eigenvalue weighted by Gasteiger charge is 2.40. The molecule has 2 aliphatic rings. The van der Waals surface area contributed by atoms with Crippen LogP contribution in [0.2, 0.25) is 0 Å². The van der Waals surface area contributed by atoms with Gasteiger partial charge in [-0.15, -0.1) is 0 Å². The van der Waals surface area contributed by atoms with Gasteiger partial charge in [-0.3, -0.25) is 14.4 Å². The Balaban J connectivity index is 2.03. The Morgan fingerprint density at radius 2 is 2.00 bits per heavy atom. The van der Waals surface area contributed by atoms with Crippen LogP contribution in [-0.2, 0) is 14.4 Å². The summed E-state index contributed by atoms with van der Waals surface area (Å²) in [5, 5.41) is 11.7. The van der Waals surface area contributed by atoms with Gasteiger partial charge in [-0.05, 0) is 12.8 Å². The molecule has 6 nitrogen and oxygen atoms in total. The lowest BCUT2D eigenvalue weighted by Gasteiger charge is -2.30. The van der Waals surface area contributed by atoms with Gasteiger partial charge in [0.05, 0.1) is 18.4 Å². The van der Waals surface area contributed by atoms with Crippen LogP contribution in [0.1, 0.15) is 19.3 Å². The number of carboxylic acids is 1. The minimum absolute atomic E-state index is 0.0572. The molecule has 1 aliphatic heterocycles. The van der Waals surface area contributed by atoms with Crippen LogP contribution in [0.5, 0.6) is 0 Å². The third kappa shape index (κ3) is 2.40. The smallest absolute Gasteiger partial charge is 0.307 e. The molecule has 6 heteroatoms. The second-order valence-corrected chi connectivity index (χ2v) is 4.59. The zero-order valence-corrected chi connectivity index (χ0v) is 9.52. The first kappa shape index (κ1) is 11.9. The van der Waals surface area contributed by atoms with E-state index in [1.54, 1.807) is 0 Å². The van der Waals surface area contributed by atoms with Crippen molar-refractivity contribution in [3.05, 3.63) is 0 Å². The maximum atomic E-state index is 12.1. The summed E-state index contributed by atoms with van der Waals surface area (Å²) < 4.78 is 0. The molecule has 2 atom stereocenters. The van der Waals surface area contributed by atoms with E-state index in [4.69, 9.17) is 5.11 Å². The normalized spacial score (nSPS) is 28.9. The number of rotatable bonds is 2. The number of amides is 2. The number of carbonyl (C=O) groups is 3. The number of hydrogen-bond donors (Lipinski definition) is 2. The number of piperazine rings is 1. The predicted octanol–water partition coefficient (Wildman–Crippen LogP) is -0.554. The van der Waals surface area contributed by atoms with Gasteiger partial charge in [-0.2, -0.15) is 0 Å². The van der Waals surface area contributed by atoms with Gasteiger partial charge in [0.15, 0.2) is 0 Å². The van der Waals surface area contributed by atoms with Crippen molar-refractivity contribution in [1.29, 1.82) is 0 Å². The Morgan fingerprint density at radius 3 is 2.65 bits per heavy atom. The van der Waals surface area contributed by atoms with Gasteiger partial charge in [-0.25, -0.2) is 0 Å². The topological polar surface area (TPSA) is 86.7 Å². The first-order valence-electron chi connectivity index (χ1n) is 5.88. The van der Waals surface area contributed by atoms with E-state index in [1.807, 2.05) is 0 Å². The molecule has 1 saturated heterocycles. The molecule has 1 aliphatic carbocycles. The molecule has 1 heterocycles. The molecule has 1 saturated carbocycles. The maximum absolute atomic E-state index is 12.1. The maximum Gasteiger partial charge on any atom is 0.307 e. The lowest BCUT2D eigenvalue weighted by atomic mass is 9.94. The van der Waals surface area contributed by atoms with E-state index in [0.29, 0.717) is 25.9 Å². The average Bonchev–Trinajstić information content (AvgIpc) is 2.77. The van der Waals surface area contributed by atoms with Crippen LogP contribution in [-0.4, -0.2) is 47.4 Å². The Bertz CT molecular complexity index is 355. The number of nitrogens with one attached hydrogen (secondary N) is 1. The quantitative estimate of drug-likeness (QED) is 0.677. The monoisotopic (exact) mass is 240 g/mol. The van der Waals surface area contributed by atoms with Crippen molar-refractivity contribution in [2.45, 2.75) is 19.3 Å². The van der Waals surface area contributed by atoms with Crippen LogP contribution >= 0.6 is 0 Å². The van der Waals surface area contributed by atoms with Crippen LogP contribution < -0.4 is 5.32 Å². The highest BCUT2D eigenvalue weighted by molar-refractivity contribution is 5.89. The molecule has 0 spiro atoms. The molecule has 0 aromatic rings. The molecule has 94 valence electrons. The van der Waals surface area contributed by atoms with Gasteiger partial charge in [-0.1, -0.05) is 6.42 Å². The minimum atomic E-state index is -0.901. The van der Waals surface area contributed by atoms with Gasteiger partial charge in [0, 0.05) is 13.1 Å². The molecule has 2 N–H and O–H groups in total. The SMILES string of the molecule is O=C1CN(C(=O)C2CCCC2C(=O)O)CCN1. The van der Waals surface area contributed by atoms with E-state index in [1.165, 1.54) is 4.90 Å². The Kier molecular flexibility index (Phi) is 3.31. The zero-order valence-electron chi connectivity index (χ0n) is 9.52. The molecular weight excluding hydrogens is 224 g/mol. The van der Waals surface area contributed by atoms with Crippen molar-refractivity contribution in [2.24, 2.45) is 11.8 Å². The van der Waals surface area contributed by atoms with Crippen LogP contribution in [0, 0.1) is 11.8 Å². The van der Waals surface area contributed by atoms with Crippen molar-refractivity contribution in [2.75, 3.05) is 19.6 Å². The van der Waals surface area contributed by atoms with Gasteiger partial charge in [0.25, 0.3) is 0 Å². The molecule has 2 unspecified atom stereocenters. The predicted molar refractivity (Wildman–Crippen MR) is 58.1 cm³/mol. The Morgan fingerprint density at radius 1 is 1.29 bits per heavy atom. The summed E-state index contributed by atoms with van der Waals surface area (Å²) in [5.41, 5.74) is 0. The van der Waals surface area contributed by atoms with Crippen molar-refractivity contribution in [3.63, 3.8) is 0 Å². The summed E-state index contributed by atoms with van der Waals surface area (Å²) in [5.74, 6) is -2.27. The van der Waals surface area contributed by atoms with Gasteiger partial charge in [0.1, 0.15) is 0 Å². The van der Waals surface area contributed by atoms with E-state index in [2.05, 4.69) is 5.32 Å². The number of nitrogens with zero attached hydrogens (tertiary/aromatic N) is 1.